The summed E-state index contributed by atoms with van der Waals surface area (Å²) in [6.07, 6.45) is 0.760. The normalized spacial score (nSPS) is 12.5. The number of nitrogens with one attached hydrogen (secondary N) is 2. The Morgan fingerprint density at radius 3 is 2.63 bits per heavy atom. The van der Waals surface area contributed by atoms with Crippen LogP contribution in [0.25, 0.3) is 0 Å². The van der Waals surface area contributed by atoms with Crippen LogP contribution < -0.4 is 21.1 Å². The summed E-state index contributed by atoms with van der Waals surface area (Å²) in [5.41, 5.74) is 7.47. The number of rotatable bonds is 10. The van der Waals surface area contributed by atoms with Crippen molar-refractivity contribution in [1.82, 2.24) is 0 Å². The number of carbonyl (C=O) groups is 2. The number of amides is 2. The van der Waals surface area contributed by atoms with Crippen LogP contribution >= 0.6 is 11.8 Å². The van der Waals surface area contributed by atoms with Crippen molar-refractivity contribution < 1.29 is 14.3 Å². The maximum absolute atomic E-state index is 12.9. The summed E-state index contributed by atoms with van der Waals surface area (Å²) in [4.78, 5) is 28.6. The van der Waals surface area contributed by atoms with Gasteiger partial charge < -0.3 is 21.1 Å². The highest BCUT2D eigenvalue weighted by Gasteiger charge is 2.25. The van der Waals surface area contributed by atoms with Crippen LogP contribution in [-0.2, 0) is 10.3 Å². The molecule has 0 saturated heterocycles. The number of benzene rings is 2. The Bertz CT molecular complexity index is 919. The van der Waals surface area contributed by atoms with Crippen molar-refractivity contribution in [2.75, 3.05) is 29.4 Å². The predicted octanol–water partition coefficient (Wildman–Crippen LogP) is 3.86. The zero-order valence-electron chi connectivity index (χ0n) is 17.5. The highest BCUT2D eigenvalue weighted by Crippen LogP contribution is 2.32. The molecule has 8 heteroatoms. The molecule has 0 saturated carbocycles. The van der Waals surface area contributed by atoms with Crippen LogP contribution in [0.3, 0.4) is 0 Å². The average molecular weight is 429 g/mol. The molecule has 2 aromatic rings. The molecule has 0 bridgehead atoms. The summed E-state index contributed by atoms with van der Waals surface area (Å²) in [5.74, 6) is 1.39. The highest BCUT2D eigenvalue weighted by atomic mass is 32.2. The molecular weight excluding hydrogens is 400 g/mol. The number of nitrogens with zero attached hydrogens (tertiary/aromatic N) is 1. The first kappa shape index (κ1) is 23.4. The zero-order chi connectivity index (χ0) is 22.1. The minimum Gasteiger partial charge on any atom is -0.495 e. The van der Waals surface area contributed by atoms with E-state index in [9.17, 15) is 9.59 Å². The molecule has 0 radical (unpaired) electrons. The van der Waals surface area contributed by atoms with E-state index in [1.807, 2.05) is 25.1 Å². The van der Waals surface area contributed by atoms with E-state index in [-0.39, 0.29) is 11.8 Å². The van der Waals surface area contributed by atoms with Crippen LogP contribution in [0.5, 0.6) is 5.75 Å². The molecule has 7 nitrogen and oxygen atoms in total. The molecule has 4 N–H and O–H groups in total. The third kappa shape index (κ3) is 6.08. The van der Waals surface area contributed by atoms with E-state index in [0.717, 1.165) is 17.7 Å². The number of nitrogens with two attached hydrogens (primary N) is 1. The number of aliphatic imine (C=N–C) groups is 1. The molecule has 2 amide bonds. The average Bonchev–Trinajstić information content (AvgIpc) is 2.73. The van der Waals surface area contributed by atoms with Crippen LogP contribution in [0.4, 0.5) is 11.4 Å². The molecule has 0 aliphatic carbocycles. The molecule has 0 spiro atoms. The minimum absolute atomic E-state index is 0.200. The summed E-state index contributed by atoms with van der Waals surface area (Å²) >= 11 is 1.63. The third-order valence-electron chi connectivity index (χ3n) is 4.71. The van der Waals surface area contributed by atoms with E-state index < -0.39 is 5.54 Å². The maximum Gasteiger partial charge on any atom is 0.255 e. The Morgan fingerprint density at radius 2 is 2.00 bits per heavy atom. The lowest BCUT2D eigenvalue weighted by atomic mass is 9.89. The van der Waals surface area contributed by atoms with E-state index in [1.165, 1.54) is 14.0 Å². The molecule has 0 fully saturated rings. The van der Waals surface area contributed by atoms with Crippen molar-refractivity contribution in [2.24, 2.45) is 10.7 Å². The zero-order valence-corrected chi connectivity index (χ0v) is 18.3. The fourth-order valence-corrected chi connectivity index (χ4v) is 3.65. The summed E-state index contributed by atoms with van der Waals surface area (Å²) in [6.45, 7) is 7.16. The second-order valence-corrected chi connectivity index (χ2v) is 8.04. The molecule has 160 valence electrons. The first-order chi connectivity index (χ1) is 14.3. The molecule has 0 heterocycles. The molecule has 1 unspecified atom stereocenters. The summed E-state index contributed by atoms with van der Waals surface area (Å²) in [5, 5.41) is 5.55. The van der Waals surface area contributed by atoms with Crippen molar-refractivity contribution in [3.8, 4) is 5.75 Å². The van der Waals surface area contributed by atoms with Crippen LogP contribution in [0.1, 0.15) is 36.2 Å². The predicted molar refractivity (Wildman–Crippen MR) is 125 cm³/mol. The lowest BCUT2D eigenvalue weighted by Crippen LogP contribution is -2.21. The molecule has 0 aromatic heterocycles. The fraction of sp³-hybridized carbons (Fsp3) is 0.318. The minimum atomic E-state index is -0.512. The SMILES string of the molecule is C=NC(C)(CCSCN)c1cccc(C(=O)Nc2cc(NC(C)=O)ccc2OC)c1. The number of methoxy groups -OCH3 is 1. The van der Waals surface area contributed by atoms with E-state index in [2.05, 4.69) is 22.3 Å². The van der Waals surface area contributed by atoms with Gasteiger partial charge >= 0.3 is 0 Å². The van der Waals surface area contributed by atoms with Gasteiger partial charge in [-0.1, -0.05) is 12.1 Å². The third-order valence-corrected chi connectivity index (χ3v) is 5.44. The monoisotopic (exact) mass is 428 g/mol. The van der Waals surface area contributed by atoms with Gasteiger partial charge in [0.15, 0.2) is 0 Å². The smallest absolute Gasteiger partial charge is 0.255 e. The van der Waals surface area contributed by atoms with Crippen molar-refractivity contribution in [3.63, 3.8) is 0 Å². The van der Waals surface area contributed by atoms with E-state index in [1.54, 1.807) is 36.0 Å². The van der Waals surface area contributed by atoms with Gasteiger partial charge in [-0.15, -0.1) is 11.8 Å². The van der Waals surface area contributed by atoms with Gasteiger partial charge in [-0.3, -0.25) is 14.6 Å². The molecule has 0 aliphatic heterocycles. The van der Waals surface area contributed by atoms with Gasteiger partial charge in [-0.05, 0) is 61.7 Å². The standard InChI is InChI=1S/C22H28N4O3S/c1-15(27)25-18-8-9-20(29-4)19(13-18)26-21(28)16-6-5-7-17(12-16)22(2,24-3)10-11-30-14-23/h5-9,12-13H,3,10-11,14,23H2,1-2,4H3,(H,25,27)(H,26,28). The number of ether oxygens (including phenoxy) is 1. The number of hydrogen-bond donors (Lipinski definition) is 3. The Hall–Kier alpha value is -2.84. The van der Waals surface area contributed by atoms with Gasteiger partial charge in [-0.25, -0.2) is 0 Å². The number of carbonyl (C=O) groups excluding carboxylic acids is 2. The molecule has 2 rings (SSSR count). The summed E-state index contributed by atoms with van der Waals surface area (Å²) in [6, 6.07) is 12.4. The van der Waals surface area contributed by atoms with Gasteiger partial charge in [0, 0.05) is 24.1 Å². The van der Waals surface area contributed by atoms with Crippen LogP contribution in [-0.4, -0.2) is 37.3 Å². The molecular formula is C22H28N4O3S. The lowest BCUT2D eigenvalue weighted by molar-refractivity contribution is -0.114. The lowest BCUT2D eigenvalue weighted by Gasteiger charge is -2.25. The van der Waals surface area contributed by atoms with Gasteiger partial charge in [0.1, 0.15) is 5.75 Å². The van der Waals surface area contributed by atoms with Crippen LogP contribution in [0.15, 0.2) is 47.5 Å². The fourth-order valence-electron chi connectivity index (χ4n) is 2.95. The molecule has 0 aliphatic rings. The summed E-state index contributed by atoms with van der Waals surface area (Å²) in [7, 11) is 1.52. The van der Waals surface area contributed by atoms with Crippen molar-refractivity contribution >= 4 is 41.7 Å². The number of thioether (sulfide) groups is 1. The van der Waals surface area contributed by atoms with Gasteiger partial charge in [0.2, 0.25) is 5.91 Å². The number of hydrogen-bond acceptors (Lipinski definition) is 6. The van der Waals surface area contributed by atoms with Crippen LogP contribution in [0.2, 0.25) is 0 Å². The first-order valence-corrected chi connectivity index (χ1v) is 10.6. The largest absolute Gasteiger partial charge is 0.495 e. The Balaban J connectivity index is 2.27. The quantitative estimate of drug-likeness (QED) is 0.303. The highest BCUT2D eigenvalue weighted by molar-refractivity contribution is 7.99. The Kier molecular flexibility index (Phi) is 8.44. The van der Waals surface area contributed by atoms with Gasteiger partial charge in [-0.2, -0.15) is 0 Å². The molecule has 30 heavy (non-hydrogen) atoms. The second kappa shape index (κ2) is 10.8. The maximum atomic E-state index is 12.9. The second-order valence-electron chi connectivity index (χ2n) is 6.89. The van der Waals surface area contributed by atoms with Gasteiger partial charge in [0.25, 0.3) is 5.91 Å². The number of anilines is 2. The van der Waals surface area contributed by atoms with Crippen molar-refractivity contribution in [3.05, 3.63) is 53.6 Å². The molecule has 2 aromatic carbocycles. The van der Waals surface area contributed by atoms with E-state index in [4.69, 9.17) is 10.5 Å². The topological polar surface area (TPSA) is 106 Å². The van der Waals surface area contributed by atoms with Crippen molar-refractivity contribution in [2.45, 2.75) is 25.8 Å². The van der Waals surface area contributed by atoms with Crippen LogP contribution in [0, 0.1) is 0 Å². The Labute approximate surface area is 181 Å². The van der Waals surface area contributed by atoms with Crippen molar-refractivity contribution in [1.29, 1.82) is 0 Å². The summed E-state index contributed by atoms with van der Waals surface area (Å²) < 4.78 is 5.33. The van der Waals surface area contributed by atoms with E-state index in [0.29, 0.717) is 28.6 Å². The van der Waals surface area contributed by atoms with E-state index >= 15 is 0 Å². The first-order valence-electron chi connectivity index (χ1n) is 9.46. The Morgan fingerprint density at radius 1 is 1.23 bits per heavy atom. The molecule has 1 atom stereocenters. The van der Waals surface area contributed by atoms with Gasteiger partial charge in [0.05, 0.1) is 18.3 Å².